The molecule has 2 amide bonds. The van der Waals surface area contributed by atoms with Gasteiger partial charge in [0.1, 0.15) is 12.3 Å². The summed E-state index contributed by atoms with van der Waals surface area (Å²) in [5.74, 6) is -1.50. The molecule has 7 nitrogen and oxygen atoms in total. The number of nitrogens with zero attached hydrogens (tertiary/aromatic N) is 1. The van der Waals surface area contributed by atoms with Crippen LogP contribution in [0.3, 0.4) is 0 Å². The largest absolute Gasteiger partial charge is 0.420 e. The number of aldehydes is 1. The fraction of sp³-hybridized carbons (Fsp3) is 0.286. The molecule has 7 heteroatoms. The first-order chi connectivity index (χ1) is 10.1. The van der Waals surface area contributed by atoms with E-state index < -0.39 is 17.7 Å². The summed E-state index contributed by atoms with van der Waals surface area (Å²) < 4.78 is 6.39. The normalized spacial score (nSPS) is 18.8. The Hall–Kier alpha value is -2.70. The minimum atomic E-state index is -0.756. The highest BCUT2D eigenvalue weighted by Gasteiger charge is 2.31. The first-order valence-corrected chi connectivity index (χ1v) is 6.51. The molecule has 0 saturated carbocycles. The van der Waals surface area contributed by atoms with Crippen molar-refractivity contribution < 1.29 is 18.8 Å². The lowest BCUT2D eigenvalue weighted by atomic mass is 10.1. The van der Waals surface area contributed by atoms with Gasteiger partial charge in [-0.05, 0) is 24.1 Å². The van der Waals surface area contributed by atoms with Crippen LogP contribution in [0.25, 0.3) is 11.1 Å². The van der Waals surface area contributed by atoms with Crippen molar-refractivity contribution in [2.24, 2.45) is 0 Å². The fourth-order valence-electron chi connectivity index (χ4n) is 2.53. The monoisotopic (exact) mass is 288 g/mol. The summed E-state index contributed by atoms with van der Waals surface area (Å²) >= 11 is 0. The van der Waals surface area contributed by atoms with Crippen LogP contribution in [0.5, 0.6) is 0 Å². The third kappa shape index (κ3) is 2.26. The maximum atomic E-state index is 12.0. The van der Waals surface area contributed by atoms with Crippen molar-refractivity contribution in [2.45, 2.75) is 25.3 Å². The molecule has 0 spiro atoms. The molecule has 21 heavy (non-hydrogen) atoms. The first-order valence-electron chi connectivity index (χ1n) is 6.51. The second kappa shape index (κ2) is 5.01. The summed E-state index contributed by atoms with van der Waals surface area (Å²) in [5, 5.41) is 2.22. The van der Waals surface area contributed by atoms with Crippen LogP contribution in [0.1, 0.15) is 24.4 Å². The number of piperidine rings is 1. The molecule has 0 radical (unpaired) electrons. The Morgan fingerprint density at radius 3 is 2.86 bits per heavy atom. The third-order valence-corrected chi connectivity index (χ3v) is 3.52. The summed E-state index contributed by atoms with van der Waals surface area (Å²) in [4.78, 5) is 45.6. The summed E-state index contributed by atoms with van der Waals surface area (Å²) in [7, 11) is 0. The van der Waals surface area contributed by atoms with Crippen molar-refractivity contribution in [2.75, 3.05) is 0 Å². The van der Waals surface area contributed by atoms with Crippen LogP contribution in [-0.2, 0) is 20.8 Å². The smallest absolute Gasteiger partial charge is 0.408 e. The molecule has 1 aliphatic heterocycles. The molecule has 1 atom stereocenters. The molecule has 2 heterocycles. The number of amides is 2. The van der Waals surface area contributed by atoms with E-state index in [2.05, 4.69) is 5.32 Å². The average molecular weight is 288 g/mol. The minimum Gasteiger partial charge on any atom is -0.408 e. The number of imide groups is 1. The van der Waals surface area contributed by atoms with E-state index >= 15 is 0 Å². The predicted molar refractivity (Wildman–Crippen MR) is 71.7 cm³/mol. The van der Waals surface area contributed by atoms with Gasteiger partial charge >= 0.3 is 5.76 Å². The van der Waals surface area contributed by atoms with Gasteiger partial charge < -0.3 is 9.21 Å². The Labute approximate surface area is 118 Å². The van der Waals surface area contributed by atoms with Crippen molar-refractivity contribution in [3.05, 3.63) is 34.3 Å². The molecule has 0 bridgehead atoms. The molecule has 3 rings (SSSR count). The first kappa shape index (κ1) is 13.3. The lowest BCUT2D eigenvalue weighted by Crippen LogP contribution is -2.43. The number of hydrogen-bond donors (Lipinski definition) is 1. The van der Waals surface area contributed by atoms with Gasteiger partial charge in [0, 0.05) is 12.8 Å². The van der Waals surface area contributed by atoms with Crippen LogP contribution in [-0.4, -0.2) is 22.7 Å². The highest BCUT2D eigenvalue weighted by atomic mass is 16.4. The molecule has 2 aromatic rings. The van der Waals surface area contributed by atoms with Gasteiger partial charge in [-0.15, -0.1) is 0 Å². The SMILES string of the molecule is O=CCc1ccc2c(c1)oc(=O)n2C1CCC(=O)NC1=O. The number of aromatic nitrogens is 1. The molecule has 1 aromatic carbocycles. The number of carbonyl (C=O) groups excluding carboxylic acids is 3. The molecular formula is C14H12N2O5. The van der Waals surface area contributed by atoms with Crippen molar-refractivity contribution in [1.29, 1.82) is 0 Å². The van der Waals surface area contributed by atoms with Crippen molar-refractivity contribution in [1.82, 2.24) is 9.88 Å². The van der Waals surface area contributed by atoms with Gasteiger partial charge in [0.2, 0.25) is 11.8 Å². The Morgan fingerprint density at radius 2 is 2.14 bits per heavy atom. The second-order valence-corrected chi connectivity index (χ2v) is 4.88. The average Bonchev–Trinajstić information content (AvgIpc) is 2.75. The van der Waals surface area contributed by atoms with Crippen LogP contribution < -0.4 is 11.1 Å². The topological polar surface area (TPSA) is 98.4 Å². The van der Waals surface area contributed by atoms with Gasteiger partial charge in [0.25, 0.3) is 0 Å². The standard InChI is InChI=1S/C14H12N2O5/c17-6-5-8-1-2-9-11(7-8)21-14(20)16(9)10-3-4-12(18)15-13(10)19/h1-2,6-7,10H,3-5H2,(H,15,18,19). The number of nitrogens with one attached hydrogen (secondary N) is 1. The van der Waals surface area contributed by atoms with Crippen LogP contribution >= 0.6 is 0 Å². The maximum absolute atomic E-state index is 12.0. The van der Waals surface area contributed by atoms with E-state index in [1.54, 1.807) is 18.2 Å². The predicted octanol–water partition coefficient (Wildman–Crippen LogP) is 0.314. The second-order valence-electron chi connectivity index (χ2n) is 4.88. The summed E-state index contributed by atoms with van der Waals surface area (Å²) in [6.07, 6.45) is 1.42. The number of oxazole rings is 1. The van der Waals surface area contributed by atoms with Gasteiger partial charge in [-0.3, -0.25) is 19.5 Å². The number of rotatable bonds is 3. The zero-order chi connectivity index (χ0) is 15.0. The quantitative estimate of drug-likeness (QED) is 0.647. The summed E-state index contributed by atoms with van der Waals surface area (Å²) in [6.45, 7) is 0. The number of benzene rings is 1. The maximum Gasteiger partial charge on any atom is 0.420 e. The van der Waals surface area contributed by atoms with Crippen LogP contribution in [0.2, 0.25) is 0 Å². The molecule has 0 aliphatic carbocycles. The molecule has 1 N–H and O–H groups in total. The van der Waals surface area contributed by atoms with Crippen molar-refractivity contribution >= 4 is 29.2 Å². The van der Waals surface area contributed by atoms with Crippen LogP contribution in [0.4, 0.5) is 0 Å². The molecule has 1 aromatic heterocycles. The zero-order valence-electron chi connectivity index (χ0n) is 11.0. The van der Waals surface area contributed by atoms with Gasteiger partial charge in [-0.25, -0.2) is 4.79 Å². The van der Waals surface area contributed by atoms with E-state index in [0.29, 0.717) is 11.1 Å². The van der Waals surface area contributed by atoms with Gasteiger partial charge in [-0.2, -0.15) is 0 Å². The van der Waals surface area contributed by atoms with Crippen LogP contribution in [0.15, 0.2) is 27.4 Å². The van der Waals surface area contributed by atoms with E-state index in [0.717, 1.165) is 11.8 Å². The highest BCUT2D eigenvalue weighted by Crippen LogP contribution is 2.23. The zero-order valence-corrected chi connectivity index (χ0v) is 11.0. The third-order valence-electron chi connectivity index (χ3n) is 3.52. The summed E-state index contributed by atoms with van der Waals surface area (Å²) in [6, 6.07) is 4.19. The van der Waals surface area contributed by atoms with Gasteiger partial charge in [0.15, 0.2) is 5.58 Å². The van der Waals surface area contributed by atoms with E-state index in [1.807, 2.05) is 0 Å². The molecule has 1 fully saturated rings. The molecule has 1 aliphatic rings. The van der Waals surface area contributed by atoms with E-state index in [-0.39, 0.29) is 25.2 Å². The van der Waals surface area contributed by atoms with E-state index in [9.17, 15) is 19.2 Å². The molecular weight excluding hydrogens is 276 g/mol. The Kier molecular flexibility index (Phi) is 3.17. The Balaban J connectivity index is 2.08. The van der Waals surface area contributed by atoms with Crippen LogP contribution in [0, 0.1) is 0 Å². The van der Waals surface area contributed by atoms with E-state index in [4.69, 9.17) is 4.42 Å². The number of fused-ring (bicyclic) bond motifs is 1. The lowest BCUT2D eigenvalue weighted by Gasteiger charge is -2.21. The summed E-state index contributed by atoms with van der Waals surface area (Å²) in [5.41, 5.74) is 1.52. The Morgan fingerprint density at radius 1 is 1.33 bits per heavy atom. The fourth-order valence-corrected chi connectivity index (χ4v) is 2.53. The number of hydrogen-bond acceptors (Lipinski definition) is 5. The minimum absolute atomic E-state index is 0.179. The van der Waals surface area contributed by atoms with Gasteiger partial charge in [0.05, 0.1) is 5.52 Å². The molecule has 1 unspecified atom stereocenters. The van der Waals surface area contributed by atoms with E-state index in [1.165, 1.54) is 4.57 Å². The van der Waals surface area contributed by atoms with Crippen molar-refractivity contribution in [3.8, 4) is 0 Å². The van der Waals surface area contributed by atoms with Gasteiger partial charge in [-0.1, -0.05) is 6.07 Å². The van der Waals surface area contributed by atoms with Crippen molar-refractivity contribution in [3.63, 3.8) is 0 Å². The Bertz CT molecular complexity index is 801. The highest BCUT2D eigenvalue weighted by molar-refractivity contribution is 6.00. The molecule has 1 saturated heterocycles. The lowest BCUT2D eigenvalue weighted by molar-refractivity contribution is -0.135. The number of carbonyl (C=O) groups is 3. The molecule has 108 valence electrons.